The Hall–Kier alpha value is -0.0231. The largest absolute Gasteiger partial charge is 0.596 e. The van der Waals surface area contributed by atoms with E-state index in [0.717, 1.165) is 0 Å². The molecular formula is C10H24O6Si. The van der Waals surface area contributed by atoms with Gasteiger partial charge in [0.15, 0.2) is 0 Å². The van der Waals surface area contributed by atoms with Crippen LogP contribution in [0.4, 0.5) is 0 Å². The van der Waals surface area contributed by atoms with E-state index in [1.807, 2.05) is 20.8 Å². The van der Waals surface area contributed by atoms with Crippen LogP contribution in [0.25, 0.3) is 0 Å². The number of hydrogen-bond acceptors (Lipinski definition) is 6. The molecule has 0 aromatic heterocycles. The number of rotatable bonds is 10. The summed E-state index contributed by atoms with van der Waals surface area (Å²) in [7, 11) is 1.15. The van der Waals surface area contributed by atoms with Gasteiger partial charge in [-0.15, -0.1) is 0 Å². The summed E-state index contributed by atoms with van der Waals surface area (Å²) in [6, 6.07) is 0. The standard InChI is InChI=1S/C10H24O6Si/c1-7-14-17(15-8-2,16-9-3)10(11-4,12-5)13-6/h7-9H2,1-6H3. The van der Waals surface area contributed by atoms with Crippen molar-refractivity contribution in [3.05, 3.63) is 0 Å². The molecule has 0 atom stereocenters. The summed E-state index contributed by atoms with van der Waals surface area (Å²) in [5.41, 5.74) is -1.44. The lowest BCUT2D eigenvalue weighted by atomic mass is 10.9. The highest BCUT2D eigenvalue weighted by Gasteiger charge is 2.65. The molecule has 0 N–H and O–H groups in total. The molecule has 0 amide bonds. The van der Waals surface area contributed by atoms with E-state index >= 15 is 0 Å². The van der Waals surface area contributed by atoms with Gasteiger partial charge in [0.1, 0.15) is 0 Å². The van der Waals surface area contributed by atoms with Gasteiger partial charge in [0.05, 0.1) is 0 Å². The third kappa shape index (κ3) is 3.47. The van der Waals surface area contributed by atoms with Gasteiger partial charge >= 0.3 is 14.4 Å². The molecule has 0 rings (SSSR count). The molecule has 0 unspecified atom stereocenters. The van der Waals surface area contributed by atoms with E-state index in [1.54, 1.807) is 0 Å². The van der Waals surface area contributed by atoms with Crippen LogP contribution in [0.3, 0.4) is 0 Å². The molecular weight excluding hydrogens is 244 g/mol. The summed E-state index contributed by atoms with van der Waals surface area (Å²) in [5.74, 6) is 0. The van der Waals surface area contributed by atoms with Crippen LogP contribution >= 0.6 is 0 Å². The Bertz CT molecular complexity index is 172. The average molecular weight is 268 g/mol. The molecule has 0 saturated carbocycles. The summed E-state index contributed by atoms with van der Waals surface area (Å²) in [6.07, 6.45) is 0. The fourth-order valence-electron chi connectivity index (χ4n) is 1.59. The number of methoxy groups -OCH3 is 3. The molecule has 0 aliphatic carbocycles. The maximum Gasteiger partial charge on any atom is 0.596 e. The lowest BCUT2D eigenvalue weighted by Gasteiger charge is -2.40. The van der Waals surface area contributed by atoms with Crippen LogP contribution in [0.2, 0.25) is 0 Å². The summed E-state index contributed by atoms with van der Waals surface area (Å²) >= 11 is 0. The van der Waals surface area contributed by atoms with Crippen molar-refractivity contribution in [1.82, 2.24) is 0 Å². The number of hydrogen-bond donors (Lipinski definition) is 0. The van der Waals surface area contributed by atoms with E-state index in [9.17, 15) is 0 Å². The molecule has 104 valence electrons. The van der Waals surface area contributed by atoms with E-state index in [-0.39, 0.29) is 0 Å². The van der Waals surface area contributed by atoms with Gasteiger partial charge in [0, 0.05) is 41.2 Å². The van der Waals surface area contributed by atoms with Crippen LogP contribution in [-0.2, 0) is 27.5 Å². The summed E-state index contributed by atoms with van der Waals surface area (Å²) in [5, 5.41) is 0. The van der Waals surface area contributed by atoms with E-state index in [0.29, 0.717) is 19.8 Å². The van der Waals surface area contributed by atoms with E-state index in [2.05, 4.69) is 0 Å². The van der Waals surface area contributed by atoms with Gasteiger partial charge in [0.25, 0.3) is 0 Å². The smallest absolute Gasteiger partial charge is 0.369 e. The average Bonchev–Trinajstić information content (AvgIpc) is 2.33. The lowest BCUT2D eigenvalue weighted by Crippen LogP contribution is -2.68. The molecule has 0 fully saturated rings. The van der Waals surface area contributed by atoms with Crippen molar-refractivity contribution in [3.63, 3.8) is 0 Å². The molecule has 0 aliphatic heterocycles. The zero-order chi connectivity index (χ0) is 13.4. The predicted octanol–water partition coefficient (Wildman–Crippen LogP) is 1.17. The third-order valence-corrected chi connectivity index (χ3v) is 5.55. The van der Waals surface area contributed by atoms with Crippen LogP contribution in [0, 0.1) is 0 Å². The van der Waals surface area contributed by atoms with Gasteiger partial charge in [-0.25, -0.2) is 0 Å². The maximum atomic E-state index is 5.67. The Morgan fingerprint density at radius 1 is 0.706 bits per heavy atom. The van der Waals surface area contributed by atoms with Crippen LogP contribution in [0.1, 0.15) is 20.8 Å². The first-order valence-electron chi connectivity index (χ1n) is 5.69. The minimum atomic E-state index is -3.24. The van der Waals surface area contributed by atoms with Crippen molar-refractivity contribution < 1.29 is 27.5 Å². The second-order valence-corrected chi connectivity index (χ2v) is 5.61. The van der Waals surface area contributed by atoms with Gasteiger partial charge in [-0.05, 0) is 20.8 Å². The Morgan fingerprint density at radius 3 is 1.18 bits per heavy atom. The maximum absolute atomic E-state index is 5.67. The third-order valence-electron chi connectivity index (χ3n) is 2.18. The van der Waals surface area contributed by atoms with E-state index < -0.39 is 14.4 Å². The van der Waals surface area contributed by atoms with Crippen LogP contribution in [0.5, 0.6) is 0 Å². The highest BCUT2D eigenvalue weighted by molar-refractivity contribution is 6.63. The minimum absolute atomic E-state index is 0.421. The van der Waals surface area contributed by atoms with Crippen LogP contribution in [-0.4, -0.2) is 55.6 Å². The molecule has 6 nitrogen and oxygen atoms in total. The van der Waals surface area contributed by atoms with Gasteiger partial charge in [-0.3, -0.25) is 0 Å². The van der Waals surface area contributed by atoms with Crippen molar-refractivity contribution in [3.8, 4) is 0 Å². The Balaban J connectivity index is 5.31. The second kappa shape index (κ2) is 8.14. The Labute approximate surface area is 104 Å². The Morgan fingerprint density at radius 2 is 1.00 bits per heavy atom. The highest BCUT2D eigenvalue weighted by Crippen LogP contribution is 2.29. The van der Waals surface area contributed by atoms with Crippen molar-refractivity contribution in [1.29, 1.82) is 0 Å². The molecule has 0 aromatic rings. The normalized spacial score (nSPS) is 13.1. The molecule has 0 heterocycles. The van der Waals surface area contributed by atoms with Crippen molar-refractivity contribution >= 4 is 8.80 Å². The fourth-order valence-corrected chi connectivity index (χ4v) is 4.26. The van der Waals surface area contributed by atoms with Crippen LogP contribution < -0.4 is 0 Å². The summed E-state index contributed by atoms with van der Waals surface area (Å²) < 4.78 is 32.9. The summed E-state index contributed by atoms with van der Waals surface area (Å²) in [4.78, 5) is 0. The molecule has 0 radical (unpaired) electrons. The molecule has 0 saturated heterocycles. The van der Waals surface area contributed by atoms with Crippen LogP contribution in [0.15, 0.2) is 0 Å². The SMILES string of the molecule is CCO[Si](OCC)(OCC)C(OC)(OC)OC. The summed E-state index contributed by atoms with van der Waals surface area (Å²) in [6.45, 7) is 6.82. The molecule has 0 aliphatic rings. The second-order valence-electron chi connectivity index (χ2n) is 3.02. The first-order valence-corrected chi connectivity index (χ1v) is 7.41. The molecule has 17 heavy (non-hydrogen) atoms. The topological polar surface area (TPSA) is 55.4 Å². The molecule has 0 bridgehead atoms. The monoisotopic (exact) mass is 268 g/mol. The Kier molecular flexibility index (Phi) is 8.13. The minimum Gasteiger partial charge on any atom is -0.369 e. The first-order chi connectivity index (χ1) is 8.11. The zero-order valence-corrected chi connectivity index (χ0v) is 12.6. The van der Waals surface area contributed by atoms with Crippen molar-refractivity contribution in [2.75, 3.05) is 41.2 Å². The number of ether oxygens (including phenoxy) is 3. The van der Waals surface area contributed by atoms with E-state index in [1.165, 1.54) is 21.3 Å². The van der Waals surface area contributed by atoms with Gasteiger partial charge in [-0.1, -0.05) is 0 Å². The molecule has 7 heteroatoms. The lowest BCUT2D eigenvalue weighted by molar-refractivity contribution is -0.329. The van der Waals surface area contributed by atoms with Gasteiger partial charge in [0.2, 0.25) is 0 Å². The van der Waals surface area contributed by atoms with Crippen molar-refractivity contribution in [2.24, 2.45) is 0 Å². The van der Waals surface area contributed by atoms with Gasteiger partial charge < -0.3 is 27.5 Å². The zero-order valence-electron chi connectivity index (χ0n) is 11.6. The van der Waals surface area contributed by atoms with Crippen molar-refractivity contribution in [2.45, 2.75) is 26.4 Å². The quantitative estimate of drug-likeness (QED) is 0.438. The highest BCUT2D eigenvalue weighted by atomic mass is 28.4. The van der Waals surface area contributed by atoms with E-state index in [4.69, 9.17) is 27.5 Å². The fraction of sp³-hybridized carbons (Fsp3) is 1.00. The molecule has 0 aromatic carbocycles. The predicted molar refractivity (Wildman–Crippen MR) is 64.4 cm³/mol. The first kappa shape index (κ1) is 17.0. The molecule has 0 spiro atoms. The van der Waals surface area contributed by atoms with Gasteiger partial charge in [-0.2, -0.15) is 0 Å².